The molecule has 0 saturated carbocycles. The first-order valence-corrected chi connectivity index (χ1v) is 17.9. The minimum atomic E-state index is -0.432. The Balaban J connectivity index is 1.05. The molecule has 0 amide bonds. The van der Waals surface area contributed by atoms with Gasteiger partial charge in [0.15, 0.2) is 16.6 Å². The Morgan fingerprint density at radius 1 is 0.906 bits per heavy atom. The number of carbonyl (C=O) groups is 1. The Bertz CT molecular complexity index is 2220. The maximum atomic E-state index is 12.0. The molecule has 53 heavy (non-hydrogen) atoms. The molecule has 1 aliphatic heterocycles. The molecule has 1 saturated heterocycles. The van der Waals surface area contributed by atoms with E-state index in [1.54, 1.807) is 36.6 Å². The van der Waals surface area contributed by atoms with Crippen molar-refractivity contribution in [3.05, 3.63) is 118 Å². The monoisotopic (exact) mass is 733 g/mol. The van der Waals surface area contributed by atoms with Crippen LogP contribution in [0.4, 0.5) is 5.13 Å². The molecule has 13 heteroatoms. The Hall–Kier alpha value is -5.92. The second kappa shape index (κ2) is 16.2. The average molecular weight is 734 g/mol. The molecule has 7 rings (SSSR count). The third kappa shape index (κ3) is 8.27. The molecular formula is C40H39N5O7S. The van der Waals surface area contributed by atoms with Gasteiger partial charge in [0.25, 0.3) is 0 Å². The predicted molar refractivity (Wildman–Crippen MR) is 202 cm³/mol. The van der Waals surface area contributed by atoms with Crippen LogP contribution in [-0.2, 0) is 22.7 Å². The van der Waals surface area contributed by atoms with Gasteiger partial charge in [-0.2, -0.15) is 0 Å². The maximum absolute atomic E-state index is 12.0. The molecule has 12 nitrogen and oxygen atoms in total. The molecule has 0 bridgehead atoms. The van der Waals surface area contributed by atoms with Gasteiger partial charge in [0.2, 0.25) is 11.8 Å². The minimum absolute atomic E-state index is 0.150. The Morgan fingerprint density at radius 3 is 2.53 bits per heavy atom. The van der Waals surface area contributed by atoms with Crippen LogP contribution in [0.15, 0.2) is 83.4 Å². The van der Waals surface area contributed by atoms with Gasteiger partial charge >= 0.3 is 5.97 Å². The van der Waals surface area contributed by atoms with Crippen LogP contribution in [-0.4, -0.2) is 66.2 Å². The topological polar surface area (TPSA) is 123 Å². The quantitative estimate of drug-likeness (QED) is 0.109. The highest BCUT2D eigenvalue weighted by molar-refractivity contribution is 7.15. The number of anilines is 1. The molecule has 0 spiro atoms. The summed E-state index contributed by atoms with van der Waals surface area (Å²) in [7, 11) is 2.94. The van der Waals surface area contributed by atoms with E-state index in [9.17, 15) is 4.79 Å². The van der Waals surface area contributed by atoms with E-state index in [4.69, 9.17) is 38.2 Å². The van der Waals surface area contributed by atoms with Gasteiger partial charge in [-0.05, 0) is 74.0 Å². The zero-order valence-corrected chi connectivity index (χ0v) is 30.7. The van der Waals surface area contributed by atoms with Crippen LogP contribution in [0.5, 0.6) is 17.4 Å². The minimum Gasteiger partial charge on any atom is -0.493 e. The number of methoxy groups -OCH3 is 2. The van der Waals surface area contributed by atoms with Gasteiger partial charge in [0.1, 0.15) is 24.7 Å². The number of rotatable bonds is 13. The molecule has 272 valence electrons. The van der Waals surface area contributed by atoms with E-state index in [0.29, 0.717) is 59.1 Å². The molecule has 0 unspecified atom stereocenters. The van der Waals surface area contributed by atoms with Gasteiger partial charge in [-0.25, -0.2) is 19.4 Å². The van der Waals surface area contributed by atoms with E-state index in [0.717, 1.165) is 45.6 Å². The van der Waals surface area contributed by atoms with Crippen molar-refractivity contribution < 1.29 is 32.9 Å². The van der Waals surface area contributed by atoms with Gasteiger partial charge in [0.05, 0.1) is 49.9 Å². The standard InChI is InChI=1S/C40H39N5O7S/c1-26-34(41-37(52-26)29-9-8-10-30(22-29)39(46)48-4)25-50-35-16-13-28(21-36(35)47-3)24-51-38-31(23-45(43-38)32-11-6-5-7-12-32)14-15-33-27(2)53-40(42-33)44-17-19-49-20-18-44/h5-16,21-23H,17-20,24-25H2,1-4H3. The number of hydrogen-bond donors (Lipinski definition) is 0. The highest BCUT2D eigenvalue weighted by Crippen LogP contribution is 2.32. The molecule has 0 aliphatic carbocycles. The fraction of sp³-hybridized carbons (Fsp3) is 0.250. The first-order chi connectivity index (χ1) is 25.9. The van der Waals surface area contributed by atoms with Crippen molar-refractivity contribution in [2.24, 2.45) is 0 Å². The highest BCUT2D eigenvalue weighted by atomic mass is 32.1. The number of esters is 1. The summed E-state index contributed by atoms with van der Waals surface area (Å²) in [5, 5.41) is 5.80. The number of thiazole rings is 1. The van der Waals surface area contributed by atoms with Crippen LogP contribution in [0.2, 0.25) is 0 Å². The smallest absolute Gasteiger partial charge is 0.337 e. The summed E-state index contributed by atoms with van der Waals surface area (Å²) in [6, 6.07) is 22.5. The molecule has 3 aromatic heterocycles. The average Bonchev–Trinajstić information content (AvgIpc) is 3.91. The highest BCUT2D eigenvalue weighted by Gasteiger charge is 2.18. The van der Waals surface area contributed by atoms with E-state index >= 15 is 0 Å². The number of ether oxygens (including phenoxy) is 5. The van der Waals surface area contributed by atoms with Crippen LogP contribution in [0.1, 0.15) is 43.5 Å². The Kier molecular flexibility index (Phi) is 10.8. The van der Waals surface area contributed by atoms with Crippen LogP contribution < -0.4 is 19.1 Å². The van der Waals surface area contributed by atoms with Gasteiger partial charge in [-0.15, -0.1) is 16.4 Å². The van der Waals surface area contributed by atoms with E-state index in [1.165, 1.54) is 7.11 Å². The summed E-state index contributed by atoms with van der Waals surface area (Å²) in [5.74, 6) is 2.13. The molecular weight excluding hydrogens is 695 g/mol. The van der Waals surface area contributed by atoms with Crippen molar-refractivity contribution in [3.63, 3.8) is 0 Å². The summed E-state index contributed by atoms with van der Waals surface area (Å²) in [6.45, 7) is 7.42. The van der Waals surface area contributed by atoms with Gasteiger partial charge in [-0.3, -0.25) is 0 Å². The SMILES string of the molecule is COC(=O)c1cccc(-c2nc(COc3ccc(COc4nn(-c5ccccc5)cc4C=Cc4nc(N5CCOCC5)sc4C)cc3OC)c(C)o2)c1. The molecule has 0 atom stereocenters. The largest absolute Gasteiger partial charge is 0.493 e. The summed E-state index contributed by atoms with van der Waals surface area (Å²) in [4.78, 5) is 24.9. The van der Waals surface area contributed by atoms with Crippen LogP contribution >= 0.6 is 11.3 Å². The third-order valence-corrected chi connectivity index (χ3v) is 9.69. The number of oxazole rings is 1. The lowest BCUT2D eigenvalue weighted by molar-refractivity contribution is 0.0600. The number of hydrogen-bond acceptors (Lipinski definition) is 12. The number of benzene rings is 3. The summed E-state index contributed by atoms with van der Waals surface area (Å²) in [5.41, 5.74) is 5.22. The Morgan fingerprint density at radius 2 is 1.74 bits per heavy atom. The van der Waals surface area contributed by atoms with Crippen molar-refractivity contribution in [2.75, 3.05) is 45.4 Å². The first kappa shape index (κ1) is 35.5. The molecule has 3 aromatic carbocycles. The maximum Gasteiger partial charge on any atom is 0.337 e. The lowest BCUT2D eigenvalue weighted by atomic mass is 10.1. The first-order valence-electron chi connectivity index (χ1n) is 17.1. The van der Waals surface area contributed by atoms with Crippen LogP contribution in [0.3, 0.4) is 0 Å². The fourth-order valence-electron chi connectivity index (χ4n) is 5.72. The molecule has 4 heterocycles. The number of morpholine rings is 1. The lowest BCUT2D eigenvalue weighted by Gasteiger charge is -2.25. The lowest BCUT2D eigenvalue weighted by Crippen LogP contribution is -2.36. The van der Waals surface area contributed by atoms with Gasteiger partial charge in [-0.1, -0.05) is 30.3 Å². The van der Waals surface area contributed by atoms with Gasteiger partial charge in [0, 0.05) is 29.7 Å². The van der Waals surface area contributed by atoms with Crippen molar-refractivity contribution in [3.8, 4) is 34.5 Å². The molecule has 0 radical (unpaired) electrons. The van der Waals surface area contributed by atoms with Crippen LogP contribution in [0, 0.1) is 13.8 Å². The molecule has 1 aliphatic rings. The molecule has 0 N–H and O–H groups in total. The van der Waals surface area contributed by atoms with E-state index in [-0.39, 0.29) is 13.2 Å². The summed E-state index contributed by atoms with van der Waals surface area (Å²) < 4.78 is 36.2. The Labute approximate surface area is 311 Å². The predicted octanol–water partition coefficient (Wildman–Crippen LogP) is 7.56. The third-order valence-electron chi connectivity index (χ3n) is 8.64. The zero-order chi connectivity index (χ0) is 36.7. The second-order valence-electron chi connectivity index (χ2n) is 12.2. The van der Waals surface area contributed by atoms with Crippen molar-refractivity contribution in [1.82, 2.24) is 19.7 Å². The van der Waals surface area contributed by atoms with Crippen molar-refractivity contribution in [2.45, 2.75) is 27.1 Å². The number of para-hydroxylation sites is 1. The van der Waals surface area contributed by atoms with Crippen molar-refractivity contribution in [1.29, 1.82) is 0 Å². The number of carbonyl (C=O) groups excluding carboxylic acids is 1. The van der Waals surface area contributed by atoms with Crippen LogP contribution in [0.25, 0.3) is 29.3 Å². The zero-order valence-electron chi connectivity index (χ0n) is 29.9. The van der Waals surface area contributed by atoms with Gasteiger partial charge < -0.3 is 33.0 Å². The van der Waals surface area contributed by atoms with E-state index < -0.39 is 5.97 Å². The number of nitrogens with zero attached hydrogens (tertiary/aromatic N) is 5. The van der Waals surface area contributed by atoms with E-state index in [2.05, 4.69) is 16.8 Å². The molecule has 6 aromatic rings. The second-order valence-corrected chi connectivity index (χ2v) is 13.4. The van der Waals surface area contributed by atoms with Crippen molar-refractivity contribution >= 4 is 34.6 Å². The number of aromatic nitrogens is 4. The summed E-state index contributed by atoms with van der Waals surface area (Å²) >= 11 is 1.69. The normalized spacial score (nSPS) is 13.0. The number of aryl methyl sites for hydroxylation is 2. The van der Waals surface area contributed by atoms with E-state index in [1.807, 2.05) is 84.6 Å². The molecule has 1 fully saturated rings. The fourth-order valence-corrected chi connectivity index (χ4v) is 6.67. The summed E-state index contributed by atoms with van der Waals surface area (Å²) in [6.07, 6.45) is 5.97.